The van der Waals surface area contributed by atoms with Gasteiger partial charge in [0.2, 0.25) is 5.95 Å². The van der Waals surface area contributed by atoms with Crippen LogP contribution in [0.15, 0.2) is 6.07 Å². The van der Waals surface area contributed by atoms with Crippen molar-refractivity contribution in [2.75, 3.05) is 29.1 Å². The van der Waals surface area contributed by atoms with E-state index in [0.29, 0.717) is 5.82 Å². The van der Waals surface area contributed by atoms with Gasteiger partial charge in [0.25, 0.3) is 0 Å². The maximum absolute atomic E-state index is 9.41. The maximum atomic E-state index is 9.41. The van der Waals surface area contributed by atoms with Gasteiger partial charge >= 0.3 is 0 Å². The van der Waals surface area contributed by atoms with E-state index in [2.05, 4.69) is 20.3 Å². The summed E-state index contributed by atoms with van der Waals surface area (Å²) in [6.45, 7) is 1.53. The van der Waals surface area contributed by atoms with Gasteiger partial charge < -0.3 is 21.2 Å². The molecule has 0 spiro atoms. The van der Waals surface area contributed by atoms with Gasteiger partial charge in [-0.2, -0.15) is 9.97 Å². The van der Waals surface area contributed by atoms with Crippen molar-refractivity contribution in [3.05, 3.63) is 6.07 Å². The van der Waals surface area contributed by atoms with Crippen molar-refractivity contribution in [2.24, 2.45) is 5.84 Å². The summed E-state index contributed by atoms with van der Waals surface area (Å²) in [6.07, 6.45) is 1.28. The Balaban J connectivity index is 2.16. The Kier molecular flexibility index (Phi) is 3.07. The zero-order valence-electron chi connectivity index (χ0n) is 8.93. The van der Waals surface area contributed by atoms with Gasteiger partial charge in [0.05, 0.1) is 6.10 Å². The molecule has 1 fully saturated rings. The van der Waals surface area contributed by atoms with Crippen LogP contribution in [0.2, 0.25) is 0 Å². The van der Waals surface area contributed by atoms with Crippen molar-refractivity contribution in [1.29, 1.82) is 0 Å². The molecule has 2 heterocycles. The molecule has 0 saturated carbocycles. The minimum absolute atomic E-state index is 0.191. The standard InChI is InChI=1S/C9H16N6O/c10-9-12-7(14-11)5-8(13-9)15-3-1-6(16)2-4-15/h5-6,16H,1-4,11H2,(H3,10,12,13,14). The average molecular weight is 224 g/mol. The molecule has 0 amide bonds. The van der Waals surface area contributed by atoms with Crippen molar-refractivity contribution < 1.29 is 5.11 Å². The average Bonchev–Trinajstić information content (AvgIpc) is 2.29. The van der Waals surface area contributed by atoms with Gasteiger partial charge in [0.1, 0.15) is 11.6 Å². The highest BCUT2D eigenvalue weighted by Crippen LogP contribution is 2.20. The first-order chi connectivity index (χ1) is 7.69. The number of anilines is 3. The Hall–Kier alpha value is -1.60. The summed E-state index contributed by atoms with van der Waals surface area (Å²) in [6, 6.07) is 1.74. The molecule has 0 aliphatic carbocycles. The number of hydrogen-bond donors (Lipinski definition) is 4. The first-order valence-corrected chi connectivity index (χ1v) is 5.23. The Morgan fingerprint density at radius 3 is 2.69 bits per heavy atom. The predicted octanol–water partition coefficient (Wildman–Crippen LogP) is -0.695. The summed E-state index contributed by atoms with van der Waals surface area (Å²) in [5.74, 6) is 6.71. The number of piperidine rings is 1. The summed E-state index contributed by atoms with van der Waals surface area (Å²) < 4.78 is 0. The Labute approximate surface area is 93.4 Å². The normalized spacial score (nSPS) is 17.5. The van der Waals surface area contributed by atoms with E-state index in [0.717, 1.165) is 31.7 Å². The van der Waals surface area contributed by atoms with Crippen LogP contribution in [0.1, 0.15) is 12.8 Å². The van der Waals surface area contributed by atoms with Gasteiger partial charge in [-0.1, -0.05) is 0 Å². The summed E-state index contributed by atoms with van der Waals surface area (Å²) in [5.41, 5.74) is 8.02. The van der Waals surface area contributed by atoms with Crippen LogP contribution in [0.5, 0.6) is 0 Å². The van der Waals surface area contributed by atoms with Gasteiger partial charge in [-0.25, -0.2) is 5.84 Å². The predicted molar refractivity (Wildman–Crippen MR) is 61.7 cm³/mol. The Morgan fingerprint density at radius 1 is 1.38 bits per heavy atom. The first-order valence-electron chi connectivity index (χ1n) is 5.23. The lowest BCUT2D eigenvalue weighted by Crippen LogP contribution is -2.36. The van der Waals surface area contributed by atoms with E-state index < -0.39 is 0 Å². The molecule has 16 heavy (non-hydrogen) atoms. The quantitative estimate of drug-likeness (QED) is 0.388. The zero-order chi connectivity index (χ0) is 11.5. The molecular weight excluding hydrogens is 208 g/mol. The van der Waals surface area contributed by atoms with E-state index in [1.807, 2.05) is 0 Å². The van der Waals surface area contributed by atoms with Gasteiger partial charge in [-0.3, -0.25) is 0 Å². The van der Waals surface area contributed by atoms with E-state index in [9.17, 15) is 5.11 Å². The fraction of sp³-hybridized carbons (Fsp3) is 0.556. The number of rotatable bonds is 2. The van der Waals surface area contributed by atoms with Crippen molar-refractivity contribution in [1.82, 2.24) is 9.97 Å². The number of aromatic nitrogens is 2. The first kappa shape index (κ1) is 10.9. The lowest BCUT2D eigenvalue weighted by Gasteiger charge is -2.30. The fourth-order valence-electron chi connectivity index (χ4n) is 1.78. The Morgan fingerprint density at radius 2 is 2.06 bits per heavy atom. The molecule has 1 saturated heterocycles. The second-order valence-corrected chi connectivity index (χ2v) is 3.83. The summed E-state index contributed by atoms with van der Waals surface area (Å²) in [5, 5.41) is 9.41. The lowest BCUT2D eigenvalue weighted by atomic mass is 10.1. The summed E-state index contributed by atoms with van der Waals surface area (Å²) >= 11 is 0. The van der Waals surface area contributed by atoms with E-state index >= 15 is 0 Å². The van der Waals surface area contributed by atoms with E-state index in [1.54, 1.807) is 6.07 Å². The van der Waals surface area contributed by atoms with Crippen molar-refractivity contribution >= 4 is 17.6 Å². The number of nitrogens with two attached hydrogens (primary N) is 2. The molecule has 1 aliphatic heterocycles. The number of nitrogen functional groups attached to an aromatic ring is 2. The Bertz CT molecular complexity index is 363. The van der Waals surface area contributed by atoms with Gasteiger partial charge in [0.15, 0.2) is 0 Å². The summed E-state index contributed by atoms with van der Waals surface area (Å²) in [7, 11) is 0. The SMILES string of the molecule is NNc1cc(N2CCC(O)CC2)nc(N)n1. The molecule has 6 N–H and O–H groups in total. The van der Waals surface area contributed by atoms with Crippen LogP contribution in [0, 0.1) is 0 Å². The molecule has 1 aliphatic rings. The summed E-state index contributed by atoms with van der Waals surface area (Å²) in [4.78, 5) is 10.1. The molecule has 2 rings (SSSR count). The van der Waals surface area contributed by atoms with Crippen LogP contribution in [0.3, 0.4) is 0 Å². The third kappa shape index (κ3) is 2.31. The molecule has 7 heteroatoms. The lowest BCUT2D eigenvalue weighted by molar-refractivity contribution is 0.145. The number of nitrogens with one attached hydrogen (secondary N) is 1. The smallest absolute Gasteiger partial charge is 0.223 e. The number of nitrogens with zero attached hydrogens (tertiary/aromatic N) is 3. The number of aliphatic hydroxyl groups is 1. The van der Waals surface area contributed by atoms with Crippen LogP contribution < -0.4 is 21.9 Å². The molecule has 88 valence electrons. The maximum Gasteiger partial charge on any atom is 0.223 e. The number of aliphatic hydroxyl groups excluding tert-OH is 1. The molecule has 0 aromatic carbocycles. The van der Waals surface area contributed by atoms with Crippen molar-refractivity contribution in [3.63, 3.8) is 0 Å². The van der Waals surface area contributed by atoms with Crippen molar-refractivity contribution in [2.45, 2.75) is 18.9 Å². The second kappa shape index (κ2) is 4.50. The molecule has 0 radical (unpaired) electrons. The second-order valence-electron chi connectivity index (χ2n) is 3.83. The number of hydrazine groups is 1. The minimum Gasteiger partial charge on any atom is -0.393 e. The topological polar surface area (TPSA) is 113 Å². The van der Waals surface area contributed by atoms with E-state index in [1.165, 1.54) is 0 Å². The zero-order valence-corrected chi connectivity index (χ0v) is 8.93. The van der Waals surface area contributed by atoms with Crippen LogP contribution >= 0.6 is 0 Å². The van der Waals surface area contributed by atoms with E-state index in [4.69, 9.17) is 11.6 Å². The van der Waals surface area contributed by atoms with Gasteiger partial charge in [-0.05, 0) is 12.8 Å². The molecule has 1 aromatic heterocycles. The third-order valence-electron chi connectivity index (χ3n) is 2.67. The largest absolute Gasteiger partial charge is 0.393 e. The molecule has 0 unspecified atom stereocenters. The minimum atomic E-state index is -0.206. The highest BCUT2D eigenvalue weighted by Gasteiger charge is 2.18. The van der Waals surface area contributed by atoms with Crippen LogP contribution in [-0.2, 0) is 0 Å². The van der Waals surface area contributed by atoms with E-state index in [-0.39, 0.29) is 12.1 Å². The molecule has 1 aromatic rings. The molecule has 0 bridgehead atoms. The molecule has 7 nitrogen and oxygen atoms in total. The third-order valence-corrected chi connectivity index (χ3v) is 2.67. The van der Waals surface area contributed by atoms with Gasteiger partial charge in [-0.15, -0.1) is 0 Å². The highest BCUT2D eigenvalue weighted by atomic mass is 16.3. The monoisotopic (exact) mass is 224 g/mol. The van der Waals surface area contributed by atoms with Crippen molar-refractivity contribution in [3.8, 4) is 0 Å². The van der Waals surface area contributed by atoms with Crippen LogP contribution in [-0.4, -0.2) is 34.3 Å². The fourth-order valence-corrected chi connectivity index (χ4v) is 1.78. The number of hydrogen-bond acceptors (Lipinski definition) is 7. The van der Waals surface area contributed by atoms with Crippen LogP contribution in [0.4, 0.5) is 17.6 Å². The molecular formula is C9H16N6O. The van der Waals surface area contributed by atoms with Gasteiger partial charge in [0, 0.05) is 19.2 Å². The molecule has 0 atom stereocenters. The highest BCUT2D eigenvalue weighted by molar-refractivity contribution is 5.52. The van der Waals surface area contributed by atoms with Crippen LogP contribution in [0.25, 0.3) is 0 Å².